The Hall–Kier alpha value is -0.970. The Kier molecular flexibility index (Phi) is 5.38. The van der Waals surface area contributed by atoms with Crippen LogP contribution in [0.4, 0.5) is 0 Å². The lowest BCUT2D eigenvalue weighted by Gasteiger charge is -2.20. The predicted molar refractivity (Wildman–Crippen MR) is 63.2 cm³/mol. The Morgan fingerprint density at radius 2 is 2.25 bits per heavy atom. The minimum absolute atomic E-state index is 0.371. The molecular weight excluding hydrogens is 204 g/mol. The first-order valence-corrected chi connectivity index (χ1v) is 5.38. The topological polar surface area (TPSA) is 45.6 Å². The van der Waals surface area contributed by atoms with Crippen LogP contribution in [0.5, 0.6) is 0 Å². The lowest BCUT2D eigenvalue weighted by atomic mass is 10.2. The van der Waals surface area contributed by atoms with Gasteiger partial charge in [-0.1, -0.05) is 6.07 Å². The number of hydrogen-bond acceptors (Lipinski definition) is 4. The van der Waals surface area contributed by atoms with E-state index in [1.165, 1.54) is 0 Å². The molecule has 1 rings (SSSR count). The second-order valence-electron chi connectivity index (χ2n) is 4.18. The molecule has 90 valence electrons. The molecule has 4 nitrogen and oxygen atoms in total. The van der Waals surface area contributed by atoms with Crippen molar-refractivity contribution < 1.29 is 9.84 Å². The van der Waals surface area contributed by atoms with Gasteiger partial charge in [-0.2, -0.15) is 0 Å². The SMILES string of the molecule is COCC(O)CN(C)Cc1cncc(C)c1. The van der Waals surface area contributed by atoms with Crippen molar-refractivity contribution >= 4 is 0 Å². The van der Waals surface area contributed by atoms with E-state index < -0.39 is 6.10 Å². The van der Waals surface area contributed by atoms with Crippen molar-refractivity contribution in [1.29, 1.82) is 0 Å². The van der Waals surface area contributed by atoms with Crippen molar-refractivity contribution in [2.45, 2.75) is 19.6 Å². The summed E-state index contributed by atoms with van der Waals surface area (Å²) < 4.78 is 4.88. The zero-order chi connectivity index (χ0) is 12.0. The summed E-state index contributed by atoms with van der Waals surface area (Å²) in [6, 6.07) is 2.10. The number of likely N-dealkylation sites (N-methyl/N-ethyl adjacent to an activating group) is 1. The summed E-state index contributed by atoms with van der Waals surface area (Å²) >= 11 is 0. The molecule has 0 aliphatic carbocycles. The third-order valence-electron chi connectivity index (χ3n) is 2.27. The highest BCUT2D eigenvalue weighted by molar-refractivity contribution is 5.16. The fourth-order valence-corrected chi connectivity index (χ4v) is 1.69. The van der Waals surface area contributed by atoms with Crippen LogP contribution in [-0.4, -0.2) is 48.4 Å². The number of pyridine rings is 1. The van der Waals surface area contributed by atoms with Crippen molar-refractivity contribution in [2.24, 2.45) is 0 Å². The highest BCUT2D eigenvalue weighted by atomic mass is 16.5. The maximum atomic E-state index is 9.57. The van der Waals surface area contributed by atoms with Gasteiger partial charge in [-0.05, 0) is 25.1 Å². The fourth-order valence-electron chi connectivity index (χ4n) is 1.69. The molecule has 0 spiro atoms. The standard InChI is InChI=1S/C12H20N2O2/c1-10-4-11(6-13-5-10)7-14(2)8-12(15)9-16-3/h4-6,12,15H,7-9H2,1-3H3. The molecule has 1 unspecified atom stereocenters. The number of aromatic nitrogens is 1. The Bertz CT molecular complexity index is 318. The van der Waals surface area contributed by atoms with Crippen LogP contribution in [0.15, 0.2) is 18.5 Å². The number of aliphatic hydroxyl groups is 1. The smallest absolute Gasteiger partial charge is 0.0900 e. The van der Waals surface area contributed by atoms with E-state index >= 15 is 0 Å². The van der Waals surface area contributed by atoms with E-state index in [1.54, 1.807) is 7.11 Å². The van der Waals surface area contributed by atoms with Crippen LogP contribution < -0.4 is 0 Å². The van der Waals surface area contributed by atoms with Gasteiger partial charge in [-0.15, -0.1) is 0 Å². The molecule has 4 heteroatoms. The molecule has 1 heterocycles. The van der Waals surface area contributed by atoms with Gasteiger partial charge < -0.3 is 9.84 Å². The highest BCUT2D eigenvalue weighted by Gasteiger charge is 2.08. The summed E-state index contributed by atoms with van der Waals surface area (Å²) in [5.74, 6) is 0. The van der Waals surface area contributed by atoms with Crippen LogP contribution >= 0.6 is 0 Å². The van der Waals surface area contributed by atoms with E-state index in [1.807, 2.05) is 26.4 Å². The largest absolute Gasteiger partial charge is 0.389 e. The van der Waals surface area contributed by atoms with E-state index in [0.29, 0.717) is 13.2 Å². The quantitative estimate of drug-likeness (QED) is 0.777. The molecule has 0 radical (unpaired) electrons. The molecule has 0 saturated heterocycles. The first kappa shape index (κ1) is 13.1. The van der Waals surface area contributed by atoms with E-state index in [-0.39, 0.29) is 0 Å². The predicted octanol–water partition coefficient (Wildman–Crippen LogP) is 0.829. The lowest BCUT2D eigenvalue weighted by molar-refractivity contribution is 0.0418. The number of rotatable bonds is 6. The Balaban J connectivity index is 2.42. The number of methoxy groups -OCH3 is 1. The van der Waals surface area contributed by atoms with Gasteiger partial charge in [0.2, 0.25) is 0 Å². The zero-order valence-corrected chi connectivity index (χ0v) is 10.2. The van der Waals surface area contributed by atoms with Crippen molar-refractivity contribution in [2.75, 3.05) is 27.3 Å². The lowest BCUT2D eigenvalue weighted by Crippen LogP contribution is -2.31. The van der Waals surface area contributed by atoms with Crippen LogP contribution in [0.2, 0.25) is 0 Å². The number of ether oxygens (including phenoxy) is 1. The van der Waals surface area contributed by atoms with Gasteiger partial charge in [0.05, 0.1) is 12.7 Å². The van der Waals surface area contributed by atoms with Crippen LogP contribution in [0.3, 0.4) is 0 Å². The van der Waals surface area contributed by atoms with Gasteiger partial charge in [-0.3, -0.25) is 9.88 Å². The molecule has 0 aromatic carbocycles. The third kappa shape index (κ3) is 4.70. The second kappa shape index (κ2) is 6.58. The molecule has 0 saturated carbocycles. The van der Waals surface area contributed by atoms with Crippen molar-refractivity contribution in [3.05, 3.63) is 29.6 Å². The first-order chi connectivity index (χ1) is 7.61. The van der Waals surface area contributed by atoms with Gasteiger partial charge in [0.25, 0.3) is 0 Å². The first-order valence-electron chi connectivity index (χ1n) is 5.38. The van der Waals surface area contributed by atoms with E-state index in [2.05, 4.69) is 16.0 Å². The van der Waals surface area contributed by atoms with Crippen molar-refractivity contribution in [1.82, 2.24) is 9.88 Å². The molecule has 1 N–H and O–H groups in total. The fraction of sp³-hybridized carbons (Fsp3) is 0.583. The molecule has 1 atom stereocenters. The molecule has 1 aromatic heterocycles. The van der Waals surface area contributed by atoms with Gasteiger partial charge in [-0.25, -0.2) is 0 Å². The molecule has 16 heavy (non-hydrogen) atoms. The van der Waals surface area contributed by atoms with Crippen molar-refractivity contribution in [3.63, 3.8) is 0 Å². The average Bonchev–Trinajstić information content (AvgIpc) is 2.17. The normalized spacial score (nSPS) is 13.1. The summed E-state index contributed by atoms with van der Waals surface area (Å²) in [5.41, 5.74) is 2.32. The molecule has 0 bridgehead atoms. The third-order valence-corrected chi connectivity index (χ3v) is 2.27. The molecule has 0 aliphatic heterocycles. The molecular formula is C12H20N2O2. The molecule has 0 amide bonds. The van der Waals surface area contributed by atoms with Crippen molar-refractivity contribution in [3.8, 4) is 0 Å². The van der Waals surface area contributed by atoms with Crippen LogP contribution in [-0.2, 0) is 11.3 Å². The van der Waals surface area contributed by atoms with Gasteiger partial charge in [0.1, 0.15) is 0 Å². The number of hydrogen-bond donors (Lipinski definition) is 1. The Labute approximate surface area is 96.9 Å². The summed E-state index contributed by atoms with van der Waals surface area (Å²) in [7, 11) is 3.56. The average molecular weight is 224 g/mol. The minimum atomic E-state index is -0.437. The zero-order valence-electron chi connectivity index (χ0n) is 10.2. The monoisotopic (exact) mass is 224 g/mol. The highest BCUT2D eigenvalue weighted by Crippen LogP contribution is 2.04. The molecule has 0 aliphatic rings. The van der Waals surface area contributed by atoms with Gasteiger partial charge >= 0.3 is 0 Å². The Morgan fingerprint density at radius 1 is 1.50 bits per heavy atom. The van der Waals surface area contributed by atoms with Crippen LogP contribution in [0.1, 0.15) is 11.1 Å². The second-order valence-corrected chi connectivity index (χ2v) is 4.18. The Morgan fingerprint density at radius 3 is 2.88 bits per heavy atom. The number of aryl methyl sites for hydroxylation is 1. The van der Waals surface area contributed by atoms with Crippen LogP contribution in [0, 0.1) is 6.92 Å². The van der Waals surface area contributed by atoms with E-state index in [9.17, 15) is 5.11 Å². The molecule has 0 fully saturated rings. The van der Waals surface area contributed by atoms with E-state index in [0.717, 1.165) is 17.7 Å². The van der Waals surface area contributed by atoms with Gasteiger partial charge in [0, 0.05) is 32.6 Å². The summed E-state index contributed by atoms with van der Waals surface area (Å²) in [6.45, 7) is 3.78. The summed E-state index contributed by atoms with van der Waals surface area (Å²) in [4.78, 5) is 6.19. The number of aliphatic hydroxyl groups excluding tert-OH is 1. The molecule has 1 aromatic rings. The maximum Gasteiger partial charge on any atom is 0.0900 e. The maximum absolute atomic E-state index is 9.57. The summed E-state index contributed by atoms with van der Waals surface area (Å²) in [6.07, 6.45) is 3.25. The van der Waals surface area contributed by atoms with Gasteiger partial charge in [0.15, 0.2) is 0 Å². The number of nitrogens with zero attached hydrogens (tertiary/aromatic N) is 2. The minimum Gasteiger partial charge on any atom is -0.389 e. The summed E-state index contributed by atoms with van der Waals surface area (Å²) in [5, 5.41) is 9.57. The van der Waals surface area contributed by atoms with E-state index in [4.69, 9.17) is 4.74 Å². The van der Waals surface area contributed by atoms with Crippen LogP contribution in [0.25, 0.3) is 0 Å².